The molecule has 0 amide bonds. The van der Waals surface area contributed by atoms with Crippen molar-refractivity contribution in [2.75, 3.05) is 0 Å². The summed E-state index contributed by atoms with van der Waals surface area (Å²) in [4.78, 5) is 12.4. The number of aliphatic hydroxyl groups excluding tert-OH is 1. The lowest BCUT2D eigenvalue weighted by molar-refractivity contribution is -0.142. The van der Waals surface area contributed by atoms with Crippen LogP contribution in [0.15, 0.2) is 0 Å². The SMILES string of the molecule is [2H]C1([2H])C[C@@H](O)C[C@H]2CC[C@@H]3[C@H](CC[C@]4(C)C(=O)CC[C@@H]34)[C@]21C. The second-order valence-electron chi connectivity index (χ2n) is 8.62. The van der Waals surface area contributed by atoms with Gasteiger partial charge in [0.2, 0.25) is 0 Å². The molecule has 118 valence electrons. The zero-order valence-corrected chi connectivity index (χ0v) is 13.4. The third-order valence-corrected chi connectivity index (χ3v) is 7.89. The molecule has 4 aliphatic carbocycles. The molecule has 0 spiro atoms. The summed E-state index contributed by atoms with van der Waals surface area (Å²) in [5.74, 6) is 2.10. The minimum Gasteiger partial charge on any atom is -0.393 e. The normalized spacial score (nSPS) is 60.3. The molecular weight excluding hydrogens is 260 g/mol. The van der Waals surface area contributed by atoms with E-state index in [0.717, 1.165) is 44.9 Å². The molecule has 21 heavy (non-hydrogen) atoms. The number of aliphatic hydroxyl groups is 1. The van der Waals surface area contributed by atoms with Gasteiger partial charge < -0.3 is 5.11 Å². The van der Waals surface area contributed by atoms with Crippen molar-refractivity contribution in [1.82, 2.24) is 0 Å². The summed E-state index contributed by atoms with van der Waals surface area (Å²) in [5, 5.41) is 10.1. The molecule has 0 aromatic carbocycles. The van der Waals surface area contributed by atoms with Crippen molar-refractivity contribution in [2.45, 2.75) is 77.7 Å². The average Bonchev–Trinajstić information content (AvgIpc) is 2.76. The molecular formula is C19H30O2. The maximum absolute atomic E-state index is 12.4. The van der Waals surface area contributed by atoms with Crippen LogP contribution in [0.4, 0.5) is 0 Å². The topological polar surface area (TPSA) is 37.3 Å². The van der Waals surface area contributed by atoms with Crippen LogP contribution < -0.4 is 0 Å². The molecule has 4 aliphatic rings. The van der Waals surface area contributed by atoms with E-state index in [0.29, 0.717) is 29.5 Å². The van der Waals surface area contributed by atoms with E-state index >= 15 is 0 Å². The Bertz CT molecular complexity index is 533. The van der Waals surface area contributed by atoms with Crippen molar-refractivity contribution >= 4 is 5.78 Å². The van der Waals surface area contributed by atoms with Gasteiger partial charge in [0.15, 0.2) is 0 Å². The quantitative estimate of drug-likeness (QED) is 0.734. The van der Waals surface area contributed by atoms with E-state index in [1.807, 2.05) is 0 Å². The summed E-state index contributed by atoms with van der Waals surface area (Å²) in [6, 6.07) is 0. The molecule has 0 aromatic heterocycles. The van der Waals surface area contributed by atoms with Crippen LogP contribution in [0.1, 0.15) is 74.3 Å². The molecule has 2 heteroatoms. The molecule has 0 unspecified atom stereocenters. The van der Waals surface area contributed by atoms with Gasteiger partial charge in [0, 0.05) is 14.6 Å². The van der Waals surface area contributed by atoms with Crippen LogP contribution in [0.25, 0.3) is 0 Å². The number of carbonyl (C=O) groups excluding carboxylic acids is 1. The highest BCUT2D eigenvalue weighted by Crippen LogP contribution is 2.65. The number of hydrogen-bond donors (Lipinski definition) is 1. The van der Waals surface area contributed by atoms with E-state index in [-0.39, 0.29) is 17.3 Å². The van der Waals surface area contributed by atoms with E-state index in [1.54, 1.807) is 0 Å². The van der Waals surface area contributed by atoms with Crippen molar-refractivity contribution in [1.29, 1.82) is 0 Å². The van der Waals surface area contributed by atoms with Crippen LogP contribution in [0.2, 0.25) is 0 Å². The first-order valence-corrected chi connectivity index (χ1v) is 8.91. The Balaban J connectivity index is 1.71. The Hall–Kier alpha value is -0.370. The fraction of sp³-hybridized carbons (Fsp3) is 0.947. The first-order chi connectivity index (χ1) is 10.7. The van der Waals surface area contributed by atoms with Gasteiger partial charge >= 0.3 is 0 Å². The molecule has 1 N–H and O–H groups in total. The van der Waals surface area contributed by atoms with E-state index in [9.17, 15) is 9.90 Å². The van der Waals surface area contributed by atoms with Crippen LogP contribution >= 0.6 is 0 Å². The average molecular weight is 292 g/mol. The maximum Gasteiger partial charge on any atom is 0.139 e. The number of ketones is 1. The molecule has 2 nitrogen and oxygen atoms in total. The molecule has 4 fully saturated rings. The zero-order chi connectivity index (χ0) is 16.6. The number of rotatable bonds is 0. The minimum atomic E-state index is -1.30. The van der Waals surface area contributed by atoms with Gasteiger partial charge in [-0.15, -0.1) is 0 Å². The van der Waals surface area contributed by atoms with Crippen LogP contribution in [0, 0.1) is 34.5 Å². The van der Waals surface area contributed by atoms with Crippen molar-refractivity contribution in [3.05, 3.63) is 0 Å². The monoisotopic (exact) mass is 292 g/mol. The lowest BCUT2D eigenvalue weighted by atomic mass is 9.45. The van der Waals surface area contributed by atoms with Crippen molar-refractivity contribution in [3.8, 4) is 0 Å². The molecule has 0 heterocycles. The molecule has 4 saturated carbocycles. The zero-order valence-electron chi connectivity index (χ0n) is 15.4. The van der Waals surface area contributed by atoms with Gasteiger partial charge in [0.25, 0.3) is 0 Å². The smallest absolute Gasteiger partial charge is 0.139 e. The summed E-state index contributed by atoms with van der Waals surface area (Å²) in [6.07, 6.45) is 5.10. The Kier molecular flexibility index (Phi) is 2.63. The summed E-state index contributed by atoms with van der Waals surface area (Å²) < 4.78 is 17.4. The van der Waals surface area contributed by atoms with Crippen molar-refractivity contribution in [3.63, 3.8) is 0 Å². The molecule has 0 radical (unpaired) electrons. The second kappa shape index (κ2) is 4.57. The van der Waals surface area contributed by atoms with Gasteiger partial charge in [0.1, 0.15) is 5.78 Å². The maximum atomic E-state index is 12.4. The largest absolute Gasteiger partial charge is 0.393 e. The highest BCUT2D eigenvalue weighted by molar-refractivity contribution is 5.87. The fourth-order valence-corrected chi connectivity index (χ4v) is 6.59. The Morgan fingerprint density at radius 3 is 2.76 bits per heavy atom. The predicted molar refractivity (Wildman–Crippen MR) is 82.7 cm³/mol. The number of Topliss-reactive ketones (excluding diaryl/α,β-unsaturated/α-hetero) is 1. The van der Waals surface area contributed by atoms with Crippen LogP contribution in [-0.4, -0.2) is 17.0 Å². The third-order valence-electron chi connectivity index (χ3n) is 7.89. The summed E-state index contributed by atoms with van der Waals surface area (Å²) >= 11 is 0. The van der Waals surface area contributed by atoms with Gasteiger partial charge in [-0.1, -0.05) is 13.8 Å². The van der Waals surface area contributed by atoms with Crippen molar-refractivity contribution < 1.29 is 12.6 Å². The van der Waals surface area contributed by atoms with Crippen LogP contribution in [0.3, 0.4) is 0 Å². The Morgan fingerprint density at radius 2 is 1.95 bits per heavy atom. The van der Waals surface area contributed by atoms with E-state index in [1.165, 1.54) is 0 Å². The summed E-state index contributed by atoms with van der Waals surface area (Å²) in [6.45, 7) is 4.34. The number of carbonyl (C=O) groups is 1. The van der Waals surface area contributed by atoms with E-state index in [4.69, 9.17) is 2.74 Å². The second-order valence-corrected chi connectivity index (χ2v) is 8.62. The van der Waals surface area contributed by atoms with Crippen molar-refractivity contribution in [2.24, 2.45) is 34.5 Å². The van der Waals surface area contributed by atoms with Gasteiger partial charge in [-0.3, -0.25) is 4.79 Å². The standard InChI is InChI=1S/C19H30O2/c1-18-9-7-13(20)11-12(18)3-4-14-15-5-6-17(21)19(15,2)10-8-16(14)18/h12-16,20H,3-11H2,1-2H3/t12-,13-,14+,15+,16+,18+,19+/m1/s1/i9D2. The van der Waals surface area contributed by atoms with Gasteiger partial charge in [0.05, 0.1) is 6.10 Å². The van der Waals surface area contributed by atoms with Crippen LogP contribution in [-0.2, 0) is 4.79 Å². The molecule has 0 bridgehead atoms. The van der Waals surface area contributed by atoms with E-state index < -0.39 is 12.5 Å². The third kappa shape index (κ3) is 1.84. The first kappa shape index (κ1) is 12.1. The molecule has 0 aliphatic heterocycles. The summed E-state index contributed by atoms with van der Waals surface area (Å²) in [7, 11) is 0. The minimum absolute atomic E-state index is 0.134. The lowest BCUT2D eigenvalue weighted by Crippen LogP contribution is -2.54. The number of hydrogen-bond acceptors (Lipinski definition) is 2. The molecule has 7 atom stereocenters. The Labute approximate surface area is 131 Å². The molecule has 4 rings (SSSR count). The van der Waals surface area contributed by atoms with E-state index in [2.05, 4.69) is 13.8 Å². The van der Waals surface area contributed by atoms with Crippen LogP contribution in [0.5, 0.6) is 0 Å². The molecule has 0 aromatic rings. The van der Waals surface area contributed by atoms with Gasteiger partial charge in [-0.25, -0.2) is 0 Å². The Morgan fingerprint density at radius 1 is 1.14 bits per heavy atom. The fourth-order valence-electron chi connectivity index (χ4n) is 6.59. The highest BCUT2D eigenvalue weighted by atomic mass is 16.3. The lowest BCUT2D eigenvalue weighted by Gasteiger charge is -2.60. The van der Waals surface area contributed by atoms with Gasteiger partial charge in [-0.05, 0) is 80.4 Å². The number of fused-ring (bicyclic) bond motifs is 5. The first-order valence-electron chi connectivity index (χ1n) is 9.91. The predicted octanol–water partition coefficient (Wildman–Crippen LogP) is 3.96. The summed E-state index contributed by atoms with van der Waals surface area (Å²) in [5.41, 5.74) is -0.465. The highest BCUT2D eigenvalue weighted by Gasteiger charge is 2.60. The van der Waals surface area contributed by atoms with Gasteiger partial charge in [-0.2, -0.15) is 0 Å². The molecule has 0 saturated heterocycles.